The maximum Gasteiger partial charge on any atom is 0.100 e. The Morgan fingerprint density at radius 3 is 2.32 bits per heavy atom. The zero-order valence-corrected chi connectivity index (χ0v) is 15.9. The van der Waals surface area contributed by atoms with Crippen LogP contribution in [0, 0.1) is 18.3 Å². The number of H-pyrrole nitrogens is 1. The summed E-state index contributed by atoms with van der Waals surface area (Å²) in [6, 6.07) is 20.4. The van der Waals surface area contributed by atoms with Gasteiger partial charge in [0, 0.05) is 29.2 Å². The van der Waals surface area contributed by atoms with Crippen LogP contribution in [0.1, 0.15) is 23.7 Å². The highest BCUT2D eigenvalue weighted by Crippen LogP contribution is 2.35. The molecule has 0 spiro atoms. The van der Waals surface area contributed by atoms with Crippen LogP contribution >= 0.6 is 0 Å². The van der Waals surface area contributed by atoms with Gasteiger partial charge in [-0.25, -0.2) is 0 Å². The van der Waals surface area contributed by atoms with Crippen molar-refractivity contribution in [3.63, 3.8) is 0 Å². The van der Waals surface area contributed by atoms with Gasteiger partial charge in [0.2, 0.25) is 0 Å². The van der Waals surface area contributed by atoms with E-state index in [9.17, 15) is 0 Å². The summed E-state index contributed by atoms with van der Waals surface area (Å²) in [5.74, 6) is 0. The van der Waals surface area contributed by atoms with Crippen LogP contribution in [-0.2, 0) is 6.42 Å². The maximum atomic E-state index is 9.03. The molecule has 4 aromatic rings. The topological polar surface area (TPSA) is 65.4 Å². The predicted octanol–water partition coefficient (Wildman–Crippen LogP) is 5.55. The predicted molar refractivity (Wildman–Crippen MR) is 112 cm³/mol. The molecule has 4 nitrogen and oxygen atoms in total. The fourth-order valence-electron chi connectivity index (χ4n) is 3.55. The van der Waals surface area contributed by atoms with E-state index in [-0.39, 0.29) is 0 Å². The van der Waals surface area contributed by atoms with Crippen molar-refractivity contribution in [3.05, 3.63) is 83.8 Å². The van der Waals surface area contributed by atoms with Crippen molar-refractivity contribution in [2.75, 3.05) is 0 Å². The highest BCUT2D eigenvalue weighted by molar-refractivity contribution is 5.84. The standard InChI is InChI=1S/C24H20N4/c1-3-18-14-21(8-9-22(18)19-6-4-17(15-25)5-7-19)23-16(2)27-28-24(23)20-10-12-26-13-11-20/h4-14H,3H2,1-2H3,(H,27,28). The monoisotopic (exact) mass is 364 g/mol. The normalized spacial score (nSPS) is 10.6. The van der Waals surface area contributed by atoms with Crippen molar-refractivity contribution in [2.24, 2.45) is 0 Å². The molecule has 0 saturated heterocycles. The summed E-state index contributed by atoms with van der Waals surface area (Å²) in [5, 5.41) is 16.7. The summed E-state index contributed by atoms with van der Waals surface area (Å²) >= 11 is 0. The van der Waals surface area contributed by atoms with Crippen LogP contribution in [0.25, 0.3) is 33.5 Å². The van der Waals surface area contributed by atoms with Gasteiger partial charge in [-0.05, 0) is 59.9 Å². The van der Waals surface area contributed by atoms with Crippen LogP contribution in [0.4, 0.5) is 0 Å². The van der Waals surface area contributed by atoms with Crippen LogP contribution in [0.2, 0.25) is 0 Å². The fraction of sp³-hybridized carbons (Fsp3) is 0.125. The van der Waals surface area contributed by atoms with Crippen molar-refractivity contribution in [3.8, 4) is 39.6 Å². The average molecular weight is 364 g/mol. The minimum absolute atomic E-state index is 0.675. The molecule has 2 heterocycles. The van der Waals surface area contributed by atoms with Gasteiger partial charge in [-0.3, -0.25) is 10.1 Å². The molecular weight excluding hydrogens is 344 g/mol. The van der Waals surface area contributed by atoms with E-state index in [0.717, 1.165) is 40.1 Å². The lowest BCUT2D eigenvalue weighted by atomic mass is 9.92. The lowest BCUT2D eigenvalue weighted by molar-refractivity contribution is 1.05. The van der Waals surface area contributed by atoms with Crippen molar-refractivity contribution >= 4 is 0 Å². The van der Waals surface area contributed by atoms with Gasteiger partial charge in [-0.15, -0.1) is 0 Å². The highest BCUT2D eigenvalue weighted by Gasteiger charge is 2.16. The van der Waals surface area contributed by atoms with E-state index in [2.05, 4.69) is 46.4 Å². The van der Waals surface area contributed by atoms with E-state index in [1.165, 1.54) is 11.1 Å². The second-order valence-electron chi connectivity index (χ2n) is 6.72. The van der Waals surface area contributed by atoms with Crippen molar-refractivity contribution < 1.29 is 0 Å². The molecule has 4 heteroatoms. The number of rotatable bonds is 4. The zero-order chi connectivity index (χ0) is 19.5. The highest BCUT2D eigenvalue weighted by atomic mass is 15.1. The van der Waals surface area contributed by atoms with Gasteiger partial charge in [0.25, 0.3) is 0 Å². The summed E-state index contributed by atoms with van der Waals surface area (Å²) in [6.07, 6.45) is 4.49. The Labute approximate surface area is 164 Å². The van der Waals surface area contributed by atoms with Gasteiger partial charge in [0.05, 0.1) is 11.6 Å². The van der Waals surface area contributed by atoms with Crippen LogP contribution in [-0.4, -0.2) is 15.2 Å². The molecule has 2 aromatic carbocycles. The molecule has 0 fully saturated rings. The Balaban J connectivity index is 1.81. The van der Waals surface area contributed by atoms with Crippen LogP contribution < -0.4 is 0 Å². The van der Waals surface area contributed by atoms with E-state index in [1.807, 2.05) is 43.3 Å². The SMILES string of the molecule is CCc1cc(-c2c(-c3ccncc3)n[nH]c2C)ccc1-c1ccc(C#N)cc1. The van der Waals surface area contributed by atoms with E-state index in [4.69, 9.17) is 5.26 Å². The lowest BCUT2D eigenvalue weighted by Crippen LogP contribution is -1.91. The third-order valence-corrected chi connectivity index (χ3v) is 5.00. The first-order chi connectivity index (χ1) is 13.7. The molecule has 4 rings (SSSR count). The molecule has 0 saturated carbocycles. The lowest BCUT2D eigenvalue weighted by Gasteiger charge is -2.12. The number of nitrogens with one attached hydrogen (secondary N) is 1. The first-order valence-electron chi connectivity index (χ1n) is 9.30. The summed E-state index contributed by atoms with van der Waals surface area (Å²) in [5.41, 5.74) is 9.55. The molecular formula is C24H20N4. The summed E-state index contributed by atoms with van der Waals surface area (Å²) in [7, 11) is 0. The Kier molecular flexibility index (Phi) is 4.74. The van der Waals surface area contributed by atoms with Crippen molar-refractivity contribution in [1.82, 2.24) is 15.2 Å². The Morgan fingerprint density at radius 2 is 1.64 bits per heavy atom. The third kappa shape index (κ3) is 3.19. The maximum absolute atomic E-state index is 9.03. The number of aryl methyl sites for hydroxylation is 2. The molecule has 2 aromatic heterocycles. The molecule has 28 heavy (non-hydrogen) atoms. The molecule has 1 N–H and O–H groups in total. The van der Waals surface area contributed by atoms with Crippen LogP contribution in [0.3, 0.4) is 0 Å². The van der Waals surface area contributed by atoms with E-state index in [1.54, 1.807) is 12.4 Å². The Hall–Kier alpha value is -3.71. The van der Waals surface area contributed by atoms with Crippen molar-refractivity contribution in [2.45, 2.75) is 20.3 Å². The minimum atomic E-state index is 0.675. The van der Waals surface area contributed by atoms with E-state index < -0.39 is 0 Å². The number of aromatic nitrogens is 3. The van der Waals surface area contributed by atoms with Gasteiger partial charge in [-0.2, -0.15) is 10.4 Å². The molecule has 0 aliphatic rings. The van der Waals surface area contributed by atoms with Crippen LogP contribution in [0.15, 0.2) is 67.0 Å². The van der Waals surface area contributed by atoms with Gasteiger partial charge in [-0.1, -0.05) is 37.3 Å². The summed E-state index contributed by atoms with van der Waals surface area (Å²) in [6.45, 7) is 4.21. The zero-order valence-electron chi connectivity index (χ0n) is 15.9. The smallest absolute Gasteiger partial charge is 0.100 e. The second-order valence-corrected chi connectivity index (χ2v) is 6.72. The molecule has 0 atom stereocenters. The van der Waals surface area contributed by atoms with Gasteiger partial charge in [0.15, 0.2) is 0 Å². The molecule has 0 aliphatic carbocycles. The van der Waals surface area contributed by atoms with Crippen LogP contribution in [0.5, 0.6) is 0 Å². The Bertz CT molecular complexity index is 1150. The fourth-order valence-corrected chi connectivity index (χ4v) is 3.55. The number of hydrogen-bond donors (Lipinski definition) is 1. The molecule has 0 aliphatic heterocycles. The first-order valence-corrected chi connectivity index (χ1v) is 9.30. The number of hydrogen-bond acceptors (Lipinski definition) is 3. The molecule has 136 valence electrons. The molecule has 0 radical (unpaired) electrons. The van der Waals surface area contributed by atoms with E-state index in [0.29, 0.717) is 5.56 Å². The quantitative estimate of drug-likeness (QED) is 0.516. The second kappa shape index (κ2) is 7.50. The number of aromatic amines is 1. The molecule has 0 bridgehead atoms. The number of nitriles is 1. The molecule has 0 unspecified atom stereocenters. The summed E-state index contributed by atoms with van der Waals surface area (Å²) in [4.78, 5) is 4.11. The largest absolute Gasteiger partial charge is 0.282 e. The van der Waals surface area contributed by atoms with Gasteiger partial charge < -0.3 is 0 Å². The third-order valence-electron chi connectivity index (χ3n) is 5.00. The first kappa shape index (κ1) is 17.7. The summed E-state index contributed by atoms with van der Waals surface area (Å²) < 4.78 is 0. The minimum Gasteiger partial charge on any atom is -0.282 e. The van der Waals surface area contributed by atoms with Crippen molar-refractivity contribution in [1.29, 1.82) is 5.26 Å². The van der Waals surface area contributed by atoms with Gasteiger partial charge in [0.1, 0.15) is 5.69 Å². The average Bonchev–Trinajstić information content (AvgIpc) is 3.15. The molecule has 0 amide bonds. The number of nitrogens with zero attached hydrogens (tertiary/aromatic N) is 3. The van der Waals surface area contributed by atoms with E-state index >= 15 is 0 Å². The number of pyridine rings is 1. The number of benzene rings is 2. The van der Waals surface area contributed by atoms with Gasteiger partial charge >= 0.3 is 0 Å². The Morgan fingerprint density at radius 1 is 0.929 bits per heavy atom.